The van der Waals surface area contributed by atoms with Crippen LogP contribution in [0, 0.1) is 11.6 Å². The fraction of sp³-hybridized carbons (Fsp3) is 0.200. The zero-order chi connectivity index (χ0) is 14.7. The van der Waals surface area contributed by atoms with Crippen molar-refractivity contribution in [2.45, 2.75) is 4.83 Å². The second-order valence-corrected chi connectivity index (χ2v) is 5.02. The normalized spacial score (nSPS) is 12.1. The Morgan fingerprint density at radius 3 is 2.35 bits per heavy atom. The van der Waals surface area contributed by atoms with Crippen molar-refractivity contribution in [1.82, 2.24) is 0 Å². The molecule has 0 saturated carbocycles. The van der Waals surface area contributed by atoms with Crippen LogP contribution in [0.4, 0.5) is 8.78 Å². The van der Waals surface area contributed by atoms with Gasteiger partial charge in [-0.15, -0.1) is 0 Å². The van der Waals surface area contributed by atoms with Gasteiger partial charge in [-0.05, 0) is 18.2 Å². The van der Waals surface area contributed by atoms with E-state index in [2.05, 4.69) is 15.9 Å². The summed E-state index contributed by atoms with van der Waals surface area (Å²) in [7, 11) is 2.91. The molecule has 0 spiro atoms. The van der Waals surface area contributed by atoms with Gasteiger partial charge in [-0.25, -0.2) is 8.78 Å². The van der Waals surface area contributed by atoms with E-state index in [0.717, 1.165) is 0 Å². The van der Waals surface area contributed by atoms with Gasteiger partial charge in [-0.3, -0.25) is 0 Å². The van der Waals surface area contributed by atoms with Gasteiger partial charge in [0.25, 0.3) is 0 Å². The molecule has 0 aliphatic heterocycles. The summed E-state index contributed by atoms with van der Waals surface area (Å²) in [6.45, 7) is 0. The quantitative estimate of drug-likeness (QED) is 0.763. The van der Waals surface area contributed by atoms with Crippen LogP contribution in [0.15, 0.2) is 36.4 Å². The highest BCUT2D eigenvalue weighted by atomic mass is 79.9. The maximum Gasteiger partial charge on any atom is 0.131 e. The molecule has 106 valence electrons. The van der Waals surface area contributed by atoms with Gasteiger partial charge < -0.3 is 9.47 Å². The van der Waals surface area contributed by atoms with Crippen LogP contribution < -0.4 is 9.47 Å². The lowest BCUT2D eigenvalue weighted by Gasteiger charge is -2.16. The molecule has 0 saturated heterocycles. The predicted octanol–water partition coefficient (Wildman–Crippen LogP) is 4.47. The first-order chi connectivity index (χ1) is 9.58. The average molecular weight is 343 g/mol. The molecule has 2 aromatic rings. The van der Waals surface area contributed by atoms with Gasteiger partial charge in [0.2, 0.25) is 0 Å². The number of rotatable bonds is 4. The average Bonchev–Trinajstić information content (AvgIpc) is 2.46. The van der Waals surface area contributed by atoms with Gasteiger partial charge in [0.05, 0.1) is 19.0 Å². The first-order valence-corrected chi connectivity index (χ1v) is 6.80. The summed E-state index contributed by atoms with van der Waals surface area (Å²) in [5, 5.41) is 0. The van der Waals surface area contributed by atoms with E-state index in [-0.39, 0.29) is 5.56 Å². The Bertz CT molecular complexity index is 617. The topological polar surface area (TPSA) is 18.5 Å². The first kappa shape index (κ1) is 14.8. The predicted molar refractivity (Wildman–Crippen MR) is 76.7 cm³/mol. The third kappa shape index (κ3) is 2.77. The summed E-state index contributed by atoms with van der Waals surface area (Å²) in [4.78, 5) is -0.649. The van der Waals surface area contributed by atoms with Gasteiger partial charge >= 0.3 is 0 Å². The molecule has 1 atom stereocenters. The molecule has 20 heavy (non-hydrogen) atoms. The molecule has 0 aliphatic rings. The largest absolute Gasteiger partial charge is 0.497 e. The number of benzene rings is 2. The van der Waals surface area contributed by atoms with Crippen molar-refractivity contribution >= 4 is 15.9 Å². The fourth-order valence-electron chi connectivity index (χ4n) is 1.94. The zero-order valence-corrected chi connectivity index (χ0v) is 12.6. The molecule has 0 fully saturated rings. The lowest BCUT2D eigenvalue weighted by molar-refractivity contribution is 0.404. The minimum absolute atomic E-state index is 0.263. The summed E-state index contributed by atoms with van der Waals surface area (Å²) in [6.07, 6.45) is 0. The first-order valence-electron chi connectivity index (χ1n) is 5.88. The smallest absolute Gasteiger partial charge is 0.131 e. The summed E-state index contributed by atoms with van der Waals surface area (Å²) in [5.74, 6) is -0.161. The van der Waals surface area contributed by atoms with E-state index < -0.39 is 16.5 Å². The van der Waals surface area contributed by atoms with Crippen molar-refractivity contribution in [3.63, 3.8) is 0 Å². The third-order valence-electron chi connectivity index (χ3n) is 2.97. The Labute approximate surface area is 124 Å². The molecule has 0 radical (unpaired) electrons. The molecular weight excluding hydrogens is 330 g/mol. The maximum atomic E-state index is 14.1. The molecule has 0 aromatic heterocycles. The molecule has 0 amide bonds. The molecule has 5 heteroatoms. The molecule has 0 bridgehead atoms. The number of ether oxygens (including phenoxy) is 2. The molecule has 0 aliphatic carbocycles. The Kier molecular flexibility index (Phi) is 4.60. The number of hydrogen-bond acceptors (Lipinski definition) is 2. The van der Waals surface area contributed by atoms with Gasteiger partial charge in [0.15, 0.2) is 0 Å². The van der Waals surface area contributed by atoms with Crippen molar-refractivity contribution < 1.29 is 18.3 Å². The highest BCUT2D eigenvalue weighted by Crippen LogP contribution is 2.39. The van der Waals surface area contributed by atoms with Gasteiger partial charge in [-0.1, -0.05) is 28.1 Å². The van der Waals surface area contributed by atoms with E-state index in [4.69, 9.17) is 9.47 Å². The number of hydrogen-bond donors (Lipinski definition) is 0. The molecule has 2 aromatic carbocycles. The monoisotopic (exact) mass is 342 g/mol. The van der Waals surface area contributed by atoms with Crippen LogP contribution in [-0.4, -0.2) is 14.2 Å². The SMILES string of the molecule is COc1ccc(C(Br)c2c(F)cccc2OC)c(F)c1. The van der Waals surface area contributed by atoms with E-state index in [0.29, 0.717) is 17.1 Å². The Balaban J connectivity index is 2.49. The molecule has 0 N–H and O–H groups in total. The second kappa shape index (κ2) is 6.22. The summed E-state index contributed by atoms with van der Waals surface area (Å²) < 4.78 is 38.1. The summed E-state index contributed by atoms with van der Waals surface area (Å²) in [6, 6.07) is 8.93. The molecule has 2 nitrogen and oxygen atoms in total. The van der Waals surface area contributed by atoms with E-state index in [1.807, 2.05) is 0 Å². The van der Waals surface area contributed by atoms with Crippen molar-refractivity contribution in [3.05, 3.63) is 59.2 Å². The van der Waals surface area contributed by atoms with Crippen molar-refractivity contribution in [1.29, 1.82) is 0 Å². The van der Waals surface area contributed by atoms with Crippen LogP contribution in [0.3, 0.4) is 0 Å². The Hall–Kier alpha value is -1.62. The van der Waals surface area contributed by atoms with Gasteiger partial charge in [0.1, 0.15) is 23.1 Å². The highest BCUT2D eigenvalue weighted by Gasteiger charge is 2.22. The zero-order valence-electron chi connectivity index (χ0n) is 11.0. The Morgan fingerprint density at radius 1 is 1.00 bits per heavy atom. The van der Waals surface area contributed by atoms with Crippen LogP contribution in [0.5, 0.6) is 11.5 Å². The van der Waals surface area contributed by atoms with E-state index >= 15 is 0 Å². The highest BCUT2D eigenvalue weighted by molar-refractivity contribution is 9.09. The lowest BCUT2D eigenvalue weighted by atomic mass is 10.0. The summed E-state index contributed by atoms with van der Waals surface area (Å²) in [5.41, 5.74) is 0.577. The van der Waals surface area contributed by atoms with Gasteiger partial charge in [-0.2, -0.15) is 0 Å². The molecule has 1 unspecified atom stereocenters. The van der Waals surface area contributed by atoms with E-state index in [1.165, 1.54) is 26.4 Å². The third-order valence-corrected chi connectivity index (χ3v) is 3.92. The van der Waals surface area contributed by atoms with Crippen molar-refractivity contribution in [3.8, 4) is 11.5 Å². The van der Waals surface area contributed by atoms with Gasteiger partial charge in [0, 0.05) is 17.2 Å². The van der Waals surface area contributed by atoms with Crippen LogP contribution in [-0.2, 0) is 0 Å². The fourth-order valence-corrected chi connectivity index (χ4v) is 2.75. The second-order valence-electron chi connectivity index (χ2n) is 4.11. The molecule has 2 rings (SSSR count). The standard InChI is InChI=1S/C15H13BrF2O2/c1-19-9-6-7-10(12(18)8-9)15(16)14-11(17)4-3-5-13(14)20-2/h3-8,15H,1-2H3. The van der Waals surface area contributed by atoms with Crippen LogP contribution in [0.2, 0.25) is 0 Å². The number of halogens is 3. The Morgan fingerprint density at radius 2 is 1.75 bits per heavy atom. The van der Waals surface area contributed by atoms with E-state index in [1.54, 1.807) is 24.3 Å². The minimum atomic E-state index is -0.649. The minimum Gasteiger partial charge on any atom is -0.497 e. The van der Waals surface area contributed by atoms with Crippen molar-refractivity contribution in [2.24, 2.45) is 0 Å². The van der Waals surface area contributed by atoms with Crippen LogP contribution >= 0.6 is 15.9 Å². The maximum absolute atomic E-state index is 14.1. The van der Waals surface area contributed by atoms with E-state index in [9.17, 15) is 8.78 Å². The van der Waals surface area contributed by atoms with Crippen molar-refractivity contribution in [2.75, 3.05) is 14.2 Å². The van der Waals surface area contributed by atoms with Crippen LogP contribution in [0.25, 0.3) is 0 Å². The number of alkyl halides is 1. The molecule has 0 heterocycles. The number of methoxy groups -OCH3 is 2. The van der Waals surface area contributed by atoms with Crippen LogP contribution in [0.1, 0.15) is 16.0 Å². The lowest BCUT2D eigenvalue weighted by Crippen LogP contribution is -2.03. The summed E-state index contributed by atoms with van der Waals surface area (Å²) >= 11 is 3.33. The molecular formula is C15H13BrF2O2.